The third-order valence-electron chi connectivity index (χ3n) is 5.04. The topological polar surface area (TPSA) is 8.17 Å². The van der Waals surface area contributed by atoms with Crippen molar-refractivity contribution in [3.05, 3.63) is 35.3 Å². The number of aromatic nitrogens is 1. The van der Waals surface area contributed by atoms with Crippen molar-refractivity contribution >= 4 is 10.9 Å². The van der Waals surface area contributed by atoms with Crippen molar-refractivity contribution in [1.82, 2.24) is 9.47 Å². The summed E-state index contributed by atoms with van der Waals surface area (Å²) in [5.41, 5.74) is 3.36. The zero-order chi connectivity index (χ0) is 15.7. The zero-order valence-corrected chi connectivity index (χ0v) is 14.0. The van der Waals surface area contributed by atoms with E-state index in [1.165, 1.54) is 37.1 Å². The summed E-state index contributed by atoms with van der Waals surface area (Å²) < 4.78 is 16.2. The van der Waals surface area contributed by atoms with E-state index in [0.717, 1.165) is 30.2 Å². The van der Waals surface area contributed by atoms with E-state index in [1.54, 1.807) is 6.07 Å². The van der Waals surface area contributed by atoms with Gasteiger partial charge in [0.15, 0.2) is 0 Å². The predicted octanol–water partition coefficient (Wildman–Crippen LogP) is 4.30. The van der Waals surface area contributed by atoms with Crippen LogP contribution in [0, 0.1) is 5.82 Å². The van der Waals surface area contributed by atoms with Crippen LogP contribution in [0.5, 0.6) is 0 Å². The Hall–Kier alpha value is -1.35. The average molecular weight is 302 g/mol. The van der Waals surface area contributed by atoms with Crippen LogP contribution >= 0.6 is 0 Å². The smallest absolute Gasteiger partial charge is 0.147 e. The zero-order valence-electron chi connectivity index (χ0n) is 14.0. The summed E-state index contributed by atoms with van der Waals surface area (Å²) >= 11 is 0. The van der Waals surface area contributed by atoms with Crippen molar-refractivity contribution in [3.8, 4) is 0 Å². The van der Waals surface area contributed by atoms with E-state index < -0.39 is 0 Å². The molecular weight excluding hydrogens is 275 g/mol. The van der Waals surface area contributed by atoms with Crippen LogP contribution in [0.2, 0.25) is 0 Å². The second-order valence-corrected chi connectivity index (χ2v) is 6.62. The largest absolute Gasteiger partial charge is 0.348 e. The summed E-state index contributed by atoms with van der Waals surface area (Å²) in [6, 6.07) is 4.47. The number of benzene rings is 1. The first-order valence-corrected chi connectivity index (χ1v) is 8.65. The van der Waals surface area contributed by atoms with Gasteiger partial charge >= 0.3 is 0 Å². The summed E-state index contributed by atoms with van der Waals surface area (Å²) in [6.45, 7) is 6.86. The third kappa shape index (κ3) is 2.67. The molecular formula is C19H27FN2. The van der Waals surface area contributed by atoms with E-state index in [2.05, 4.69) is 24.8 Å². The van der Waals surface area contributed by atoms with Crippen molar-refractivity contribution in [3.63, 3.8) is 0 Å². The van der Waals surface area contributed by atoms with E-state index >= 15 is 0 Å². The Morgan fingerprint density at radius 3 is 2.68 bits per heavy atom. The molecule has 22 heavy (non-hydrogen) atoms. The molecule has 0 amide bonds. The average Bonchev–Trinajstić information content (AvgIpc) is 2.90. The molecule has 120 valence electrons. The van der Waals surface area contributed by atoms with Gasteiger partial charge in [-0.1, -0.05) is 13.8 Å². The highest BCUT2D eigenvalue weighted by Gasteiger charge is 2.26. The minimum absolute atomic E-state index is 0.0707. The van der Waals surface area contributed by atoms with Crippen molar-refractivity contribution in [2.45, 2.75) is 52.0 Å². The molecule has 2 nitrogen and oxygen atoms in total. The van der Waals surface area contributed by atoms with Crippen LogP contribution in [0.1, 0.15) is 44.2 Å². The quantitative estimate of drug-likeness (QED) is 0.799. The van der Waals surface area contributed by atoms with Crippen LogP contribution in [0.25, 0.3) is 10.9 Å². The van der Waals surface area contributed by atoms with Gasteiger partial charge in [0, 0.05) is 24.7 Å². The molecule has 3 rings (SSSR count). The van der Waals surface area contributed by atoms with Crippen LogP contribution in [0.15, 0.2) is 18.3 Å². The number of aryl methyl sites for hydroxylation is 2. The Balaban J connectivity index is 1.96. The number of nitrogens with zero attached hydrogens (tertiary/aromatic N) is 2. The molecule has 1 aromatic carbocycles. The van der Waals surface area contributed by atoms with E-state index in [0.29, 0.717) is 6.04 Å². The molecule has 1 unspecified atom stereocenters. The molecule has 1 heterocycles. The van der Waals surface area contributed by atoms with Gasteiger partial charge in [-0.15, -0.1) is 0 Å². The summed E-state index contributed by atoms with van der Waals surface area (Å²) in [7, 11) is 1.93. The van der Waals surface area contributed by atoms with E-state index in [4.69, 9.17) is 0 Å². The van der Waals surface area contributed by atoms with Gasteiger partial charge in [0.05, 0.1) is 5.52 Å². The lowest BCUT2D eigenvalue weighted by molar-refractivity contribution is 0.180. The normalized spacial score (nSPS) is 18.1. The Labute approximate surface area is 132 Å². The number of rotatable bonds is 5. The van der Waals surface area contributed by atoms with Gasteiger partial charge in [0.25, 0.3) is 0 Å². The summed E-state index contributed by atoms with van der Waals surface area (Å²) in [5, 5.41) is 1.12. The summed E-state index contributed by atoms with van der Waals surface area (Å²) in [6.07, 6.45) is 7.61. The Kier molecular flexibility index (Phi) is 4.53. The highest BCUT2D eigenvalue weighted by atomic mass is 19.1. The minimum Gasteiger partial charge on any atom is -0.348 e. The SMILES string of the molecule is CCCN(CCC)C1CCc2cc(F)c3c(ccn3C)c2C1. The number of fused-ring (bicyclic) bond motifs is 3. The van der Waals surface area contributed by atoms with Crippen LogP contribution in [-0.2, 0) is 19.9 Å². The third-order valence-corrected chi connectivity index (χ3v) is 5.04. The molecule has 2 aromatic rings. The van der Waals surface area contributed by atoms with Crippen molar-refractivity contribution in [1.29, 1.82) is 0 Å². The standard InChI is InChI=1S/C19H27FN2/c1-4-9-22(10-5-2)15-7-6-14-12-18(20)19-16(17(14)13-15)8-11-21(19)3/h8,11-12,15H,4-7,9-10,13H2,1-3H3. The number of hydrogen-bond acceptors (Lipinski definition) is 1. The predicted molar refractivity (Wildman–Crippen MR) is 90.8 cm³/mol. The fourth-order valence-corrected chi connectivity index (χ4v) is 4.04. The second kappa shape index (κ2) is 6.41. The molecule has 0 saturated carbocycles. The maximum atomic E-state index is 14.3. The van der Waals surface area contributed by atoms with Crippen LogP contribution in [0.3, 0.4) is 0 Å². The molecule has 1 aliphatic carbocycles. The van der Waals surface area contributed by atoms with Crippen LogP contribution in [-0.4, -0.2) is 28.6 Å². The van der Waals surface area contributed by atoms with Gasteiger partial charge in [-0.25, -0.2) is 4.39 Å². The van der Waals surface area contributed by atoms with E-state index in [9.17, 15) is 4.39 Å². The first-order chi connectivity index (χ1) is 10.7. The van der Waals surface area contributed by atoms with Crippen LogP contribution < -0.4 is 0 Å². The first-order valence-electron chi connectivity index (χ1n) is 8.65. The van der Waals surface area contributed by atoms with Crippen molar-refractivity contribution < 1.29 is 4.39 Å². The fraction of sp³-hybridized carbons (Fsp3) is 0.579. The molecule has 0 saturated heterocycles. The highest BCUT2D eigenvalue weighted by molar-refractivity contribution is 5.85. The lowest BCUT2D eigenvalue weighted by atomic mass is 9.85. The van der Waals surface area contributed by atoms with E-state index in [-0.39, 0.29) is 5.82 Å². The highest BCUT2D eigenvalue weighted by Crippen LogP contribution is 2.33. The second-order valence-electron chi connectivity index (χ2n) is 6.62. The molecule has 0 N–H and O–H groups in total. The Bertz CT molecular complexity index is 653. The lowest BCUT2D eigenvalue weighted by Gasteiger charge is -2.35. The Morgan fingerprint density at radius 1 is 1.27 bits per heavy atom. The molecule has 0 spiro atoms. The molecule has 1 aromatic heterocycles. The lowest BCUT2D eigenvalue weighted by Crippen LogP contribution is -2.40. The summed E-state index contributed by atoms with van der Waals surface area (Å²) in [4.78, 5) is 2.64. The van der Waals surface area contributed by atoms with E-state index in [1.807, 2.05) is 17.8 Å². The van der Waals surface area contributed by atoms with Gasteiger partial charge in [-0.05, 0) is 68.5 Å². The molecule has 3 heteroatoms. The first kappa shape index (κ1) is 15.5. The molecule has 1 atom stereocenters. The fourth-order valence-electron chi connectivity index (χ4n) is 4.04. The molecule has 0 bridgehead atoms. The molecule has 0 radical (unpaired) electrons. The maximum Gasteiger partial charge on any atom is 0.147 e. The van der Waals surface area contributed by atoms with Gasteiger partial charge in [0.2, 0.25) is 0 Å². The molecule has 0 fully saturated rings. The van der Waals surface area contributed by atoms with Gasteiger partial charge in [-0.3, -0.25) is 0 Å². The summed E-state index contributed by atoms with van der Waals surface area (Å²) in [5.74, 6) is -0.0707. The monoisotopic (exact) mass is 302 g/mol. The minimum atomic E-state index is -0.0707. The number of hydrogen-bond donors (Lipinski definition) is 0. The number of halogens is 1. The molecule has 1 aliphatic rings. The van der Waals surface area contributed by atoms with Crippen molar-refractivity contribution in [2.24, 2.45) is 7.05 Å². The van der Waals surface area contributed by atoms with Gasteiger partial charge in [0.1, 0.15) is 5.82 Å². The van der Waals surface area contributed by atoms with Crippen molar-refractivity contribution in [2.75, 3.05) is 13.1 Å². The van der Waals surface area contributed by atoms with Crippen LogP contribution in [0.4, 0.5) is 4.39 Å². The van der Waals surface area contributed by atoms with Gasteiger partial charge < -0.3 is 9.47 Å². The van der Waals surface area contributed by atoms with Gasteiger partial charge in [-0.2, -0.15) is 0 Å². The Morgan fingerprint density at radius 2 is 2.00 bits per heavy atom. The maximum absolute atomic E-state index is 14.3. The molecule has 0 aliphatic heterocycles.